The summed E-state index contributed by atoms with van der Waals surface area (Å²) < 4.78 is 6.88. The summed E-state index contributed by atoms with van der Waals surface area (Å²) in [7, 11) is 5.66. The van der Waals surface area contributed by atoms with Gasteiger partial charge in [0.15, 0.2) is 5.82 Å². The molecule has 0 aromatic carbocycles. The average Bonchev–Trinajstić information content (AvgIpc) is 2.55. The fourth-order valence-electron chi connectivity index (χ4n) is 1.48. The quantitative estimate of drug-likeness (QED) is 0.771. The van der Waals surface area contributed by atoms with Crippen LogP contribution in [0.15, 0.2) is 24.5 Å². The number of hydrogen-bond donors (Lipinski definition) is 1. The molecule has 2 heterocycles. The number of imidazole rings is 1. The van der Waals surface area contributed by atoms with Gasteiger partial charge in [0.05, 0.1) is 6.20 Å². The highest BCUT2D eigenvalue weighted by atomic mass is 16.6. The van der Waals surface area contributed by atoms with E-state index in [0.29, 0.717) is 16.9 Å². The van der Waals surface area contributed by atoms with E-state index in [9.17, 15) is 4.79 Å². The first-order valence-electron chi connectivity index (χ1n) is 5.58. The van der Waals surface area contributed by atoms with Gasteiger partial charge in [0.25, 0.3) is 0 Å². The molecule has 0 saturated heterocycles. The number of pyridine rings is 1. The van der Waals surface area contributed by atoms with E-state index in [4.69, 9.17) is 12.6 Å². The van der Waals surface area contributed by atoms with E-state index in [-0.39, 0.29) is 0 Å². The molecule has 6 heteroatoms. The van der Waals surface area contributed by atoms with E-state index in [1.165, 1.54) is 0 Å². The molecule has 0 saturated carbocycles. The molecule has 1 amide bonds. The van der Waals surface area contributed by atoms with Crippen molar-refractivity contribution in [3.05, 3.63) is 24.5 Å². The van der Waals surface area contributed by atoms with Gasteiger partial charge in [-0.25, -0.2) is 9.78 Å². The third-order valence-electron chi connectivity index (χ3n) is 2.10. The van der Waals surface area contributed by atoms with Gasteiger partial charge in [0, 0.05) is 6.20 Å². The van der Waals surface area contributed by atoms with Crippen molar-refractivity contribution in [1.82, 2.24) is 9.38 Å². The summed E-state index contributed by atoms with van der Waals surface area (Å²) in [6.07, 6.45) is 2.87. The average molecular weight is 243 g/mol. The van der Waals surface area contributed by atoms with Crippen LogP contribution in [0.2, 0.25) is 0 Å². The van der Waals surface area contributed by atoms with E-state index < -0.39 is 11.7 Å². The Hall–Kier alpha value is -1.98. The monoisotopic (exact) mass is 243 g/mol. The smallest absolute Gasteiger partial charge is 0.413 e. The third-order valence-corrected chi connectivity index (χ3v) is 2.10. The Bertz CT molecular complexity index is 587. The van der Waals surface area contributed by atoms with Gasteiger partial charge < -0.3 is 9.14 Å². The lowest BCUT2D eigenvalue weighted by Crippen LogP contribution is -2.27. The summed E-state index contributed by atoms with van der Waals surface area (Å²) in [6, 6.07) is 3.52. The van der Waals surface area contributed by atoms with E-state index >= 15 is 0 Å². The summed E-state index contributed by atoms with van der Waals surface area (Å²) in [5.41, 5.74) is 0.798. The summed E-state index contributed by atoms with van der Waals surface area (Å²) >= 11 is 0. The molecule has 0 spiro atoms. The third kappa shape index (κ3) is 3.03. The molecule has 0 bridgehead atoms. The molecule has 2 aromatic rings. The number of hydrogen-bond acceptors (Lipinski definition) is 3. The normalized spacial score (nSPS) is 11.5. The predicted molar refractivity (Wildman–Crippen MR) is 70.4 cm³/mol. The van der Waals surface area contributed by atoms with Crippen molar-refractivity contribution in [2.24, 2.45) is 0 Å². The minimum atomic E-state index is -0.534. The molecule has 0 unspecified atom stereocenters. The Labute approximate surface area is 107 Å². The Kier molecular flexibility index (Phi) is 3.03. The Balaban J connectivity index is 2.15. The van der Waals surface area contributed by atoms with E-state index in [1.54, 1.807) is 49.7 Å². The van der Waals surface area contributed by atoms with Crippen molar-refractivity contribution in [3.63, 3.8) is 0 Å². The SMILES string of the molecule is [B]c1ccc2nc(NC(=O)OC(C)(C)C)cn2c1. The molecule has 1 N–H and O–H groups in total. The van der Waals surface area contributed by atoms with Crippen LogP contribution in [0, 0.1) is 0 Å². The van der Waals surface area contributed by atoms with Crippen LogP contribution in [0.25, 0.3) is 5.65 Å². The van der Waals surface area contributed by atoms with Crippen LogP contribution in [-0.2, 0) is 4.74 Å². The largest absolute Gasteiger partial charge is 0.444 e. The minimum Gasteiger partial charge on any atom is -0.444 e. The lowest BCUT2D eigenvalue weighted by atomic mass is 9.99. The second-order valence-corrected chi connectivity index (χ2v) is 4.98. The number of carbonyl (C=O) groups excluding carboxylic acids is 1. The second kappa shape index (κ2) is 4.36. The molecule has 0 fully saturated rings. The van der Waals surface area contributed by atoms with Crippen molar-refractivity contribution >= 4 is 30.9 Å². The van der Waals surface area contributed by atoms with Crippen LogP contribution in [-0.4, -0.2) is 28.9 Å². The van der Waals surface area contributed by atoms with Crippen molar-refractivity contribution in [1.29, 1.82) is 0 Å². The number of anilines is 1. The fourth-order valence-corrected chi connectivity index (χ4v) is 1.48. The Morgan fingerprint density at radius 3 is 2.78 bits per heavy atom. The van der Waals surface area contributed by atoms with Crippen LogP contribution < -0.4 is 10.8 Å². The maximum atomic E-state index is 11.6. The van der Waals surface area contributed by atoms with Gasteiger partial charge in [0.1, 0.15) is 19.1 Å². The molecular weight excluding hydrogens is 229 g/mol. The zero-order chi connectivity index (χ0) is 13.3. The summed E-state index contributed by atoms with van der Waals surface area (Å²) in [5.74, 6) is 0.426. The number of ether oxygens (including phenoxy) is 1. The minimum absolute atomic E-state index is 0.426. The first-order valence-corrected chi connectivity index (χ1v) is 5.58. The highest BCUT2D eigenvalue weighted by molar-refractivity contribution is 6.32. The number of fused-ring (bicyclic) bond motifs is 1. The first kappa shape index (κ1) is 12.5. The summed E-state index contributed by atoms with van der Waals surface area (Å²) in [4.78, 5) is 15.8. The van der Waals surface area contributed by atoms with Gasteiger partial charge in [0.2, 0.25) is 0 Å². The fraction of sp³-hybridized carbons (Fsp3) is 0.333. The molecule has 5 nitrogen and oxygen atoms in total. The molecule has 0 aliphatic rings. The van der Waals surface area contributed by atoms with Crippen molar-refractivity contribution in [2.45, 2.75) is 26.4 Å². The molecule has 2 aromatic heterocycles. The molecule has 2 rings (SSSR count). The molecular formula is C12H14BN3O2. The van der Waals surface area contributed by atoms with Crippen LogP contribution in [0.4, 0.5) is 10.6 Å². The number of carbonyl (C=O) groups is 1. The van der Waals surface area contributed by atoms with E-state index in [0.717, 1.165) is 0 Å². The van der Waals surface area contributed by atoms with Crippen molar-refractivity contribution in [3.8, 4) is 0 Å². The Morgan fingerprint density at radius 1 is 1.39 bits per heavy atom. The lowest BCUT2D eigenvalue weighted by molar-refractivity contribution is 0.0635. The van der Waals surface area contributed by atoms with Crippen molar-refractivity contribution in [2.75, 3.05) is 5.32 Å². The Morgan fingerprint density at radius 2 is 2.11 bits per heavy atom. The maximum Gasteiger partial charge on any atom is 0.413 e. The van der Waals surface area contributed by atoms with Crippen molar-refractivity contribution < 1.29 is 9.53 Å². The number of rotatable bonds is 1. The second-order valence-electron chi connectivity index (χ2n) is 4.98. The van der Waals surface area contributed by atoms with Crippen LogP contribution in [0.1, 0.15) is 20.8 Å². The van der Waals surface area contributed by atoms with Gasteiger partial charge >= 0.3 is 6.09 Å². The zero-order valence-corrected chi connectivity index (χ0v) is 10.6. The highest BCUT2D eigenvalue weighted by Gasteiger charge is 2.16. The van der Waals surface area contributed by atoms with Gasteiger partial charge in [-0.2, -0.15) is 0 Å². The maximum absolute atomic E-state index is 11.6. The van der Waals surface area contributed by atoms with Gasteiger partial charge in [-0.05, 0) is 26.8 Å². The predicted octanol–water partition coefficient (Wildman–Crippen LogP) is 1.48. The summed E-state index contributed by atoms with van der Waals surface area (Å²) in [5, 5.41) is 2.57. The molecule has 0 aliphatic carbocycles. The zero-order valence-electron chi connectivity index (χ0n) is 10.6. The first-order chi connectivity index (χ1) is 8.33. The highest BCUT2D eigenvalue weighted by Crippen LogP contribution is 2.11. The molecule has 0 atom stereocenters. The molecule has 18 heavy (non-hydrogen) atoms. The lowest BCUT2D eigenvalue weighted by Gasteiger charge is -2.18. The standard InChI is InChI=1S/C12H14BN3O2/c1-12(2,3)18-11(17)15-9-7-16-6-8(13)4-5-10(16)14-9/h4-7H,1-3H3,(H,15,17). The molecule has 0 aliphatic heterocycles. The van der Waals surface area contributed by atoms with Gasteiger partial charge in [-0.1, -0.05) is 11.5 Å². The summed E-state index contributed by atoms with van der Waals surface area (Å²) in [6.45, 7) is 5.41. The number of nitrogens with one attached hydrogen (secondary N) is 1. The topological polar surface area (TPSA) is 55.6 Å². The number of amides is 1. The van der Waals surface area contributed by atoms with Gasteiger partial charge in [-0.3, -0.25) is 5.32 Å². The van der Waals surface area contributed by atoms with E-state index in [1.807, 2.05) is 0 Å². The molecule has 2 radical (unpaired) electrons. The number of nitrogens with zero attached hydrogens (tertiary/aromatic N) is 2. The van der Waals surface area contributed by atoms with Crippen LogP contribution >= 0.6 is 0 Å². The van der Waals surface area contributed by atoms with Crippen LogP contribution in [0.3, 0.4) is 0 Å². The molecule has 92 valence electrons. The van der Waals surface area contributed by atoms with Gasteiger partial charge in [-0.15, -0.1) is 0 Å². The van der Waals surface area contributed by atoms with E-state index in [2.05, 4.69) is 10.3 Å². The number of aromatic nitrogens is 2. The van der Waals surface area contributed by atoms with Crippen LogP contribution in [0.5, 0.6) is 0 Å².